The summed E-state index contributed by atoms with van der Waals surface area (Å²) < 4.78 is 21.1. The first-order valence-electron chi connectivity index (χ1n) is 8.94. The highest BCUT2D eigenvalue weighted by Gasteiger charge is 2.49. The Morgan fingerprint density at radius 2 is 1.41 bits per heavy atom. The van der Waals surface area contributed by atoms with Gasteiger partial charge in [-0.15, -0.1) is 0 Å². The van der Waals surface area contributed by atoms with E-state index in [1.807, 2.05) is 0 Å². The van der Waals surface area contributed by atoms with Crippen LogP contribution in [0.25, 0.3) is 0 Å². The number of esters is 3. The zero-order valence-corrected chi connectivity index (χ0v) is 15.6. The van der Waals surface area contributed by atoms with E-state index in [1.165, 1.54) is 0 Å². The van der Waals surface area contributed by atoms with Crippen molar-refractivity contribution in [1.82, 2.24) is 0 Å². The molecule has 29 heavy (non-hydrogen) atoms. The molecule has 1 fully saturated rings. The van der Waals surface area contributed by atoms with Gasteiger partial charge in [0.25, 0.3) is 0 Å². The minimum atomic E-state index is -1.53. The number of hydrogen-bond donors (Lipinski definition) is 1. The average molecular weight is 400 g/mol. The van der Waals surface area contributed by atoms with E-state index in [2.05, 4.69) is 0 Å². The summed E-state index contributed by atoms with van der Waals surface area (Å²) in [6.45, 7) is 0.848. The van der Waals surface area contributed by atoms with Crippen molar-refractivity contribution < 1.29 is 38.4 Å². The third kappa shape index (κ3) is 5.18. The van der Waals surface area contributed by atoms with Crippen molar-refractivity contribution >= 4 is 17.9 Å². The molecule has 8 nitrogen and oxygen atoms in total. The second-order valence-corrected chi connectivity index (χ2v) is 6.34. The average Bonchev–Trinajstić information content (AvgIpc) is 3.01. The lowest BCUT2D eigenvalue weighted by molar-refractivity contribution is -0.170. The Balaban J connectivity index is 1.72. The minimum absolute atomic E-state index is 0.274. The fourth-order valence-corrected chi connectivity index (χ4v) is 2.88. The molecule has 1 aliphatic rings. The van der Waals surface area contributed by atoms with Crippen LogP contribution in [0.2, 0.25) is 0 Å². The van der Waals surface area contributed by atoms with Crippen molar-refractivity contribution in [1.29, 1.82) is 0 Å². The van der Waals surface area contributed by atoms with Crippen molar-refractivity contribution in [3.05, 3.63) is 71.8 Å². The van der Waals surface area contributed by atoms with E-state index >= 15 is 0 Å². The van der Waals surface area contributed by atoms with Crippen LogP contribution in [0.15, 0.2) is 60.7 Å². The Morgan fingerprint density at radius 1 is 0.862 bits per heavy atom. The van der Waals surface area contributed by atoms with E-state index in [0.717, 1.165) is 6.92 Å². The second-order valence-electron chi connectivity index (χ2n) is 6.34. The van der Waals surface area contributed by atoms with Crippen LogP contribution in [0, 0.1) is 0 Å². The Bertz CT molecular complexity index is 851. The van der Waals surface area contributed by atoms with Crippen molar-refractivity contribution in [2.45, 2.75) is 31.5 Å². The van der Waals surface area contributed by atoms with Crippen molar-refractivity contribution in [3.63, 3.8) is 0 Å². The maximum atomic E-state index is 12.4. The molecule has 2 aromatic rings. The van der Waals surface area contributed by atoms with Gasteiger partial charge in [-0.2, -0.15) is 0 Å². The number of aliphatic hydroxyl groups excluding tert-OH is 1. The summed E-state index contributed by atoms with van der Waals surface area (Å²) in [6, 6.07) is 16.5. The van der Waals surface area contributed by atoms with Crippen molar-refractivity contribution in [2.24, 2.45) is 0 Å². The molecule has 0 aliphatic carbocycles. The topological polar surface area (TPSA) is 108 Å². The largest absolute Gasteiger partial charge is 0.459 e. The molecule has 4 atom stereocenters. The van der Waals surface area contributed by atoms with Gasteiger partial charge < -0.3 is 24.1 Å². The number of hydrogen-bond acceptors (Lipinski definition) is 8. The van der Waals surface area contributed by atoms with Crippen LogP contribution >= 0.6 is 0 Å². The van der Waals surface area contributed by atoms with Crippen LogP contribution in [0.5, 0.6) is 0 Å². The fraction of sp³-hybridized carbons (Fsp3) is 0.286. The number of ether oxygens (including phenoxy) is 4. The molecular weight excluding hydrogens is 380 g/mol. The Kier molecular flexibility index (Phi) is 6.58. The third-order valence-electron chi connectivity index (χ3n) is 4.23. The molecule has 2 aromatic carbocycles. The normalized spacial score (nSPS) is 23.2. The van der Waals surface area contributed by atoms with Gasteiger partial charge >= 0.3 is 17.9 Å². The van der Waals surface area contributed by atoms with E-state index < -0.39 is 42.5 Å². The van der Waals surface area contributed by atoms with Crippen molar-refractivity contribution in [3.8, 4) is 0 Å². The van der Waals surface area contributed by atoms with Gasteiger partial charge in [0.05, 0.1) is 11.1 Å². The molecular formula is C21H20O8. The molecule has 0 bridgehead atoms. The molecule has 0 spiro atoms. The van der Waals surface area contributed by atoms with E-state index in [0.29, 0.717) is 5.56 Å². The molecule has 3 rings (SSSR count). The SMILES string of the molecule is CC(=O)O[C@H]1[C@@H](OC(=O)c2ccccc2)[C@H](COC(=O)c2ccccc2)O[C@@H]1O. The summed E-state index contributed by atoms with van der Waals surface area (Å²) in [7, 11) is 0. The predicted octanol–water partition coefficient (Wildman–Crippen LogP) is 1.72. The number of benzene rings is 2. The van der Waals surface area contributed by atoms with Gasteiger partial charge in [-0.25, -0.2) is 9.59 Å². The molecule has 8 heteroatoms. The molecule has 1 N–H and O–H groups in total. The van der Waals surface area contributed by atoms with Crippen LogP contribution in [-0.4, -0.2) is 54.2 Å². The van der Waals surface area contributed by atoms with E-state index in [9.17, 15) is 19.5 Å². The standard InChI is InChI=1S/C21H20O8/c1-13(22)27-18-17(29-20(24)15-10-6-3-7-11-15)16(28-21(18)25)12-26-19(23)14-8-4-2-5-9-14/h2-11,16-18,21,25H,12H2,1H3/t16-,17-,18-,21-/m0/s1. The quantitative estimate of drug-likeness (QED) is 0.577. The smallest absolute Gasteiger partial charge is 0.338 e. The summed E-state index contributed by atoms with van der Waals surface area (Å²) in [5.74, 6) is -1.97. The van der Waals surface area contributed by atoms with Gasteiger partial charge in [-0.1, -0.05) is 36.4 Å². The highest BCUT2D eigenvalue weighted by atomic mass is 16.7. The maximum absolute atomic E-state index is 12.4. The molecule has 0 radical (unpaired) electrons. The summed E-state index contributed by atoms with van der Waals surface area (Å²) in [5.41, 5.74) is 0.607. The van der Waals surface area contributed by atoms with Crippen molar-refractivity contribution in [2.75, 3.05) is 6.61 Å². The van der Waals surface area contributed by atoms with E-state index in [-0.39, 0.29) is 12.2 Å². The molecule has 1 heterocycles. The Morgan fingerprint density at radius 3 is 1.97 bits per heavy atom. The Labute approximate surface area is 167 Å². The van der Waals surface area contributed by atoms with Gasteiger partial charge in [-0.3, -0.25) is 4.79 Å². The van der Waals surface area contributed by atoms with Crippen LogP contribution in [0.1, 0.15) is 27.6 Å². The molecule has 0 aromatic heterocycles. The molecule has 1 saturated heterocycles. The van der Waals surface area contributed by atoms with Crippen LogP contribution in [0.4, 0.5) is 0 Å². The van der Waals surface area contributed by atoms with Gasteiger partial charge in [0, 0.05) is 6.92 Å². The minimum Gasteiger partial charge on any atom is -0.459 e. The van der Waals surface area contributed by atoms with Gasteiger partial charge in [0.15, 0.2) is 18.5 Å². The highest BCUT2D eigenvalue weighted by molar-refractivity contribution is 5.90. The van der Waals surface area contributed by atoms with Crippen LogP contribution in [-0.2, 0) is 23.7 Å². The van der Waals surface area contributed by atoms with Gasteiger partial charge in [-0.05, 0) is 24.3 Å². The van der Waals surface area contributed by atoms with Gasteiger partial charge in [0.2, 0.25) is 0 Å². The lowest BCUT2D eigenvalue weighted by Crippen LogP contribution is -2.41. The lowest BCUT2D eigenvalue weighted by atomic mass is 10.1. The lowest BCUT2D eigenvalue weighted by Gasteiger charge is -2.22. The Hall–Kier alpha value is -3.23. The second kappa shape index (κ2) is 9.31. The number of rotatable bonds is 6. The molecule has 0 unspecified atom stereocenters. The number of aliphatic hydroxyl groups is 1. The highest BCUT2D eigenvalue weighted by Crippen LogP contribution is 2.27. The molecule has 0 amide bonds. The first-order valence-corrected chi connectivity index (χ1v) is 8.94. The summed E-state index contributed by atoms with van der Waals surface area (Å²) in [6.07, 6.45) is -4.96. The first-order chi connectivity index (χ1) is 14.0. The molecule has 152 valence electrons. The summed E-state index contributed by atoms with van der Waals surface area (Å²) in [4.78, 5) is 36.0. The number of carbonyl (C=O) groups excluding carboxylic acids is 3. The van der Waals surface area contributed by atoms with E-state index in [4.69, 9.17) is 18.9 Å². The monoisotopic (exact) mass is 400 g/mol. The first kappa shape index (κ1) is 20.5. The summed E-state index contributed by atoms with van der Waals surface area (Å²) in [5, 5.41) is 10.1. The third-order valence-corrected chi connectivity index (χ3v) is 4.23. The van der Waals surface area contributed by atoms with Crippen LogP contribution < -0.4 is 0 Å². The maximum Gasteiger partial charge on any atom is 0.338 e. The fourth-order valence-electron chi connectivity index (χ4n) is 2.88. The zero-order valence-electron chi connectivity index (χ0n) is 15.6. The van der Waals surface area contributed by atoms with E-state index in [1.54, 1.807) is 60.7 Å². The summed E-state index contributed by atoms with van der Waals surface area (Å²) >= 11 is 0. The zero-order chi connectivity index (χ0) is 20.8. The predicted molar refractivity (Wildman–Crippen MR) is 98.8 cm³/mol. The molecule has 0 saturated carbocycles. The molecule has 1 aliphatic heterocycles. The van der Waals surface area contributed by atoms with Crippen LogP contribution in [0.3, 0.4) is 0 Å². The number of carbonyl (C=O) groups is 3. The van der Waals surface area contributed by atoms with Gasteiger partial charge in [0.1, 0.15) is 12.7 Å².